The number of allylic oxidation sites excluding steroid dienone is 1. The van der Waals surface area contributed by atoms with Crippen LogP contribution in [0.2, 0.25) is 0 Å². The minimum Gasteiger partial charge on any atom is -0.299 e. The lowest BCUT2D eigenvalue weighted by Gasteiger charge is -2.19. The molecule has 0 radical (unpaired) electrons. The summed E-state index contributed by atoms with van der Waals surface area (Å²) in [5, 5.41) is 15.8. The van der Waals surface area contributed by atoms with Gasteiger partial charge in [-0.05, 0) is 34.9 Å². The topological polar surface area (TPSA) is 47.7 Å². The molecule has 0 aliphatic heterocycles. The van der Waals surface area contributed by atoms with Crippen LogP contribution in [0.1, 0.15) is 22.3 Å². The van der Waals surface area contributed by atoms with Gasteiger partial charge in [-0.3, -0.25) is 10.8 Å². The fraction of sp³-hybridized carbons (Fsp3) is 0.0588. The second kappa shape index (κ2) is 4.94. The Bertz CT molecular complexity index is 799. The van der Waals surface area contributed by atoms with Gasteiger partial charge in [0.15, 0.2) is 0 Å². The molecule has 0 spiro atoms. The molecule has 1 aliphatic rings. The highest BCUT2D eigenvalue weighted by Gasteiger charge is 2.30. The van der Waals surface area contributed by atoms with Crippen LogP contribution in [0.5, 0.6) is 0 Å². The Kier molecular flexibility index (Phi) is 3.20. The molecule has 22 heavy (non-hydrogen) atoms. The molecular formula is C17H11F3N2. The first-order chi connectivity index (χ1) is 10.4. The molecule has 2 N–H and O–H groups in total. The van der Waals surface area contributed by atoms with Gasteiger partial charge in [-0.15, -0.1) is 0 Å². The molecular weight excluding hydrogens is 289 g/mol. The van der Waals surface area contributed by atoms with Crippen LogP contribution in [-0.4, -0.2) is 11.4 Å². The van der Waals surface area contributed by atoms with Crippen LogP contribution in [-0.2, 0) is 6.18 Å². The van der Waals surface area contributed by atoms with E-state index in [1.165, 1.54) is 18.2 Å². The van der Waals surface area contributed by atoms with Gasteiger partial charge < -0.3 is 0 Å². The van der Waals surface area contributed by atoms with Crippen molar-refractivity contribution in [1.29, 1.82) is 10.8 Å². The Morgan fingerprint density at radius 2 is 1.36 bits per heavy atom. The van der Waals surface area contributed by atoms with E-state index in [-0.39, 0.29) is 11.4 Å². The zero-order valence-corrected chi connectivity index (χ0v) is 11.3. The summed E-state index contributed by atoms with van der Waals surface area (Å²) >= 11 is 0. The molecule has 0 saturated heterocycles. The molecule has 3 rings (SSSR count). The van der Waals surface area contributed by atoms with Crippen molar-refractivity contribution in [3.8, 4) is 0 Å². The van der Waals surface area contributed by atoms with Gasteiger partial charge in [-0.1, -0.05) is 36.4 Å². The van der Waals surface area contributed by atoms with Crippen molar-refractivity contribution in [1.82, 2.24) is 0 Å². The molecule has 0 atom stereocenters. The Balaban J connectivity index is 2.10. The Morgan fingerprint density at radius 3 is 1.95 bits per heavy atom. The van der Waals surface area contributed by atoms with Gasteiger partial charge in [0.1, 0.15) is 0 Å². The quantitative estimate of drug-likeness (QED) is 0.777. The third kappa shape index (κ3) is 2.35. The number of halogens is 3. The van der Waals surface area contributed by atoms with E-state index < -0.39 is 11.7 Å². The maximum atomic E-state index is 12.6. The number of alkyl halides is 3. The second-order valence-corrected chi connectivity index (χ2v) is 4.97. The van der Waals surface area contributed by atoms with Gasteiger partial charge in [0, 0.05) is 5.56 Å². The zero-order chi connectivity index (χ0) is 15.9. The van der Waals surface area contributed by atoms with E-state index in [1.807, 2.05) is 0 Å². The van der Waals surface area contributed by atoms with E-state index in [2.05, 4.69) is 0 Å². The summed E-state index contributed by atoms with van der Waals surface area (Å²) in [7, 11) is 0. The molecule has 5 heteroatoms. The average molecular weight is 300 g/mol. The highest BCUT2D eigenvalue weighted by atomic mass is 19.4. The lowest BCUT2D eigenvalue weighted by Crippen LogP contribution is -2.18. The first kappa shape index (κ1) is 14.3. The van der Waals surface area contributed by atoms with Crippen LogP contribution in [0.15, 0.2) is 54.6 Å². The van der Waals surface area contributed by atoms with E-state index in [0.717, 1.165) is 17.7 Å². The number of rotatable bonds is 1. The maximum Gasteiger partial charge on any atom is 0.416 e. The summed E-state index contributed by atoms with van der Waals surface area (Å²) in [4.78, 5) is 0. The first-order valence-electron chi connectivity index (χ1n) is 6.54. The van der Waals surface area contributed by atoms with Crippen molar-refractivity contribution in [2.24, 2.45) is 0 Å². The van der Waals surface area contributed by atoms with Crippen molar-refractivity contribution in [3.05, 3.63) is 76.9 Å². The van der Waals surface area contributed by atoms with Crippen molar-refractivity contribution in [2.45, 2.75) is 6.18 Å². The minimum absolute atomic E-state index is 0.0496. The fourth-order valence-electron chi connectivity index (χ4n) is 2.45. The number of hydrogen-bond donors (Lipinski definition) is 2. The number of fused-ring (bicyclic) bond motifs is 1. The summed E-state index contributed by atoms with van der Waals surface area (Å²) in [6.07, 6.45) is -2.85. The third-order valence-electron chi connectivity index (χ3n) is 3.57. The van der Waals surface area contributed by atoms with Crippen LogP contribution in [0.3, 0.4) is 0 Å². The zero-order valence-electron chi connectivity index (χ0n) is 11.3. The van der Waals surface area contributed by atoms with E-state index in [1.54, 1.807) is 24.3 Å². The van der Waals surface area contributed by atoms with Crippen LogP contribution in [0.25, 0.3) is 5.57 Å². The van der Waals surface area contributed by atoms with Gasteiger partial charge in [-0.25, -0.2) is 0 Å². The normalized spacial score (nSPS) is 14.6. The molecule has 110 valence electrons. The SMILES string of the molecule is N=C1C=C(c2ccc(C(F)(F)F)cc2)c2ccccc2C1=N. The van der Waals surface area contributed by atoms with Gasteiger partial charge in [-0.2, -0.15) is 13.2 Å². The molecule has 2 aromatic rings. The number of nitrogens with one attached hydrogen (secondary N) is 2. The highest BCUT2D eigenvalue weighted by Crippen LogP contribution is 2.33. The summed E-state index contributed by atoms with van der Waals surface area (Å²) in [6, 6.07) is 12.0. The Morgan fingerprint density at radius 1 is 0.773 bits per heavy atom. The predicted molar refractivity (Wildman–Crippen MR) is 79.5 cm³/mol. The third-order valence-corrected chi connectivity index (χ3v) is 3.57. The molecule has 0 amide bonds. The lowest BCUT2D eigenvalue weighted by atomic mass is 9.85. The highest BCUT2D eigenvalue weighted by molar-refractivity contribution is 6.53. The van der Waals surface area contributed by atoms with Crippen molar-refractivity contribution < 1.29 is 13.2 Å². The molecule has 0 aromatic heterocycles. The van der Waals surface area contributed by atoms with Gasteiger partial charge in [0.25, 0.3) is 0 Å². The van der Waals surface area contributed by atoms with Gasteiger partial charge >= 0.3 is 6.18 Å². The van der Waals surface area contributed by atoms with E-state index in [4.69, 9.17) is 10.8 Å². The monoisotopic (exact) mass is 300 g/mol. The lowest BCUT2D eigenvalue weighted by molar-refractivity contribution is -0.137. The van der Waals surface area contributed by atoms with Crippen molar-refractivity contribution in [2.75, 3.05) is 0 Å². The molecule has 0 fully saturated rings. The standard InChI is InChI=1S/C17H11F3N2/c18-17(19,20)11-7-5-10(6-8-11)14-9-15(21)16(22)13-4-2-1-3-12(13)14/h1-9,21-22H. The summed E-state index contributed by atoms with van der Waals surface area (Å²) in [6.45, 7) is 0. The molecule has 0 heterocycles. The Labute approximate surface area is 124 Å². The average Bonchev–Trinajstić information content (AvgIpc) is 2.50. The van der Waals surface area contributed by atoms with E-state index >= 15 is 0 Å². The fourth-order valence-corrected chi connectivity index (χ4v) is 2.45. The predicted octanol–water partition coefficient (Wildman–Crippen LogP) is 4.54. The molecule has 0 bridgehead atoms. The smallest absolute Gasteiger partial charge is 0.299 e. The van der Waals surface area contributed by atoms with Gasteiger partial charge in [0.05, 0.1) is 17.0 Å². The first-order valence-corrected chi connectivity index (χ1v) is 6.54. The summed E-state index contributed by atoms with van der Waals surface area (Å²) in [5.74, 6) is 0. The molecule has 0 unspecified atom stereocenters. The molecule has 0 saturated carbocycles. The van der Waals surface area contributed by atoms with Crippen LogP contribution < -0.4 is 0 Å². The van der Waals surface area contributed by atoms with E-state index in [9.17, 15) is 13.2 Å². The number of benzene rings is 2. The largest absolute Gasteiger partial charge is 0.416 e. The van der Waals surface area contributed by atoms with Crippen LogP contribution >= 0.6 is 0 Å². The van der Waals surface area contributed by atoms with E-state index in [0.29, 0.717) is 16.7 Å². The van der Waals surface area contributed by atoms with Crippen molar-refractivity contribution >= 4 is 17.0 Å². The molecule has 2 aromatic carbocycles. The summed E-state index contributed by atoms with van der Waals surface area (Å²) < 4.78 is 37.9. The van der Waals surface area contributed by atoms with Gasteiger partial charge in [0.2, 0.25) is 0 Å². The maximum absolute atomic E-state index is 12.6. The second-order valence-electron chi connectivity index (χ2n) is 4.97. The molecule has 2 nitrogen and oxygen atoms in total. The minimum atomic E-state index is -4.37. The molecule has 1 aliphatic carbocycles. The summed E-state index contributed by atoms with van der Waals surface area (Å²) in [5.41, 5.74) is 2.08. The Hall–Kier alpha value is -2.69. The van der Waals surface area contributed by atoms with Crippen molar-refractivity contribution in [3.63, 3.8) is 0 Å². The van der Waals surface area contributed by atoms with Crippen LogP contribution in [0, 0.1) is 10.8 Å². The number of hydrogen-bond acceptors (Lipinski definition) is 2. The van der Waals surface area contributed by atoms with Crippen LogP contribution in [0.4, 0.5) is 13.2 Å².